The molecule has 0 radical (unpaired) electrons. The largest absolute Gasteiger partial charge is 0.212 e. The molecule has 0 aliphatic carbocycles. The van der Waals surface area contributed by atoms with Crippen LogP contribution in [0.15, 0.2) is 66.9 Å². The lowest BCUT2D eigenvalue weighted by Gasteiger charge is -2.18. The van der Waals surface area contributed by atoms with Gasteiger partial charge >= 0.3 is 0 Å². The molecule has 1 nitrogen and oxygen atoms in total. The van der Waals surface area contributed by atoms with E-state index in [-0.39, 0.29) is 0 Å². The molecule has 1 aromatic heterocycles. The fraction of sp³-hybridized carbons (Fsp3) is 0.292. The predicted octanol–water partition coefficient (Wildman–Crippen LogP) is 5.74. The van der Waals surface area contributed by atoms with Gasteiger partial charge in [0.25, 0.3) is 0 Å². The van der Waals surface area contributed by atoms with Crippen molar-refractivity contribution in [2.45, 2.75) is 34.1 Å². The third-order valence-electron chi connectivity index (χ3n) is 4.29. The molecule has 128 valence electrons. The van der Waals surface area contributed by atoms with Gasteiger partial charge in [-0.3, -0.25) is 0 Å². The number of aryl methyl sites for hydroxylation is 2. The molecule has 0 atom stereocenters. The SMILES string of the molecule is [2H]C([2H])(c1cc[n+](C)c(-c2cc(-c3ccccc3)ccc2C)c1)C(C)(C)C. The first-order valence-electron chi connectivity index (χ1n) is 9.78. The normalized spacial score (nSPS) is 13.3. The molecule has 1 heteroatoms. The van der Waals surface area contributed by atoms with Crippen molar-refractivity contribution in [3.63, 3.8) is 0 Å². The molecule has 3 aromatic rings. The van der Waals surface area contributed by atoms with E-state index >= 15 is 0 Å². The molecule has 0 saturated heterocycles. The Hall–Kier alpha value is -2.41. The van der Waals surface area contributed by atoms with Crippen molar-refractivity contribution >= 4 is 0 Å². The number of benzene rings is 2. The van der Waals surface area contributed by atoms with Gasteiger partial charge in [0, 0.05) is 20.4 Å². The van der Waals surface area contributed by atoms with Crippen LogP contribution in [0, 0.1) is 12.3 Å². The number of pyridine rings is 1. The molecule has 3 rings (SSSR count). The van der Waals surface area contributed by atoms with E-state index in [1.807, 2.05) is 64.3 Å². The summed E-state index contributed by atoms with van der Waals surface area (Å²) in [7, 11) is 2.01. The molecule has 1 heterocycles. The van der Waals surface area contributed by atoms with Crippen molar-refractivity contribution in [1.82, 2.24) is 0 Å². The minimum atomic E-state index is -1.42. The van der Waals surface area contributed by atoms with E-state index in [4.69, 9.17) is 2.74 Å². The van der Waals surface area contributed by atoms with E-state index in [2.05, 4.69) is 41.8 Å². The summed E-state index contributed by atoms with van der Waals surface area (Å²) in [6.07, 6.45) is 0.545. The summed E-state index contributed by atoms with van der Waals surface area (Å²) < 4.78 is 19.3. The average molecular weight is 333 g/mol. The van der Waals surface area contributed by atoms with E-state index in [9.17, 15) is 0 Å². The lowest BCUT2D eigenvalue weighted by Crippen LogP contribution is -2.31. The van der Waals surface area contributed by atoms with Crippen LogP contribution in [0.4, 0.5) is 0 Å². The lowest BCUT2D eigenvalue weighted by molar-refractivity contribution is -0.660. The van der Waals surface area contributed by atoms with Crippen molar-refractivity contribution in [2.75, 3.05) is 0 Å². The number of hydrogen-bond acceptors (Lipinski definition) is 0. The van der Waals surface area contributed by atoms with Gasteiger partial charge in [0.1, 0.15) is 7.05 Å². The van der Waals surface area contributed by atoms with Gasteiger partial charge in [0.2, 0.25) is 5.69 Å². The fourth-order valence-corrected chi connectivity index (χ4v) is 3.06. The second-order valence-corrected chi connectivity index (χ2v) is 7.68. The maximum absolute atomic E-state index is 8.64. The first kappa shape index (κ1) is 14.9. The highest BCUT2D eigenvalue weighted by Crippen LogP contribution is 2.29. The van der Waals surface area contributed by atoms with Gasteiger partial charge in [0.15, 0.2) is 6.20 Å². The number of rotatable bonds is 3. The second-order valence-electron chi connectivity index (χ2n) is 7.68. The summed E-state index contributed by atoms with van der Waals surface area (Å²) in [4.78, 5) is 0. The van der Waals surface area contributed by atoms with Crippen molar-refractivity contribution in [3.8, 4) is 22.4 Å². The van der Waals surface area contributed by atoms with Gasteiger partial charge in [-0.05, 0) is 47.0 Å². The van der Waals surface area contributed by atoms with Gasteiger partial charge in [-0.1, -0.05) is 63.2 Å². The third kappa shape index (κ3) is 4.17. The van der Waals surface area contributed by atoms with Crippen LogP contribution in [0.2, 0.25) is 0 Å². The summed E-state index contributed by atoms with van der Waals surface area (Å²) in [6, 6.07) is 20.7. The van der Waals surface area contributed by atoms with Gasteiger partial charge in [-0.15, -0.1) is 0 Å². The summed E-state index contributed by atoms with van der Waals surface area (Å²) in [5.41, 5.74) is 5.92. The van der Waals surface area contributed by atoms with Gasteiger partial charge in [0.05, 0.1) is 0 Å². The Kier molecular flexibility index (Phi) is 4.07. The molecule has 0 amide bonds. The van der Waals surface area contributed by atoms with E-state index in [0.717, 1.165) is 11.3 Å². The summed E-state index contributed by atoms with van der Waals surface area (Å²) in [5, 5.41) is 0. The Morgan fingerprint density at radius 3 is 2.32 bits per heavy atom. The molecule has 0 unspecified atom stereocenters. The highest BCUT2D eigenvalue weighted by molar-refractivity contribution is 5.72. The molecule has 2 aromatic carbocycles. The molecule has 0 saturated carbocycles. The summed E-state index contributed by atoms with van der Waals surface area (Å²) >= 11 is 0. The zero-order valence-electron chi connectivity index (χ0n) is 17.8. The Morgan fingerprint density at radius 1 is 0.920 bits per heavy atom. The second kappa shape index (κ2) is 6.84. The molecule has 0 bridgehead atoms. The molecule has 0 aliphatic rings. The quantitative estimate of drug-likeness (QED) is 0.538. The van der Waals surface area contributed by atoms with Crippen LogP contribution < -0.4 is 4.57 Å². The molecular formula is C24H28N+. The van der Waals surface area contributed by atoms with Gasteiger partial charge in [-0.2, -0.15) is 0 Å². The Balaban J connectivity index is 2.16. The topological polar surface area (TPSA) is 3.88 Å². The number of nitrogens with zero attached hydrogens (tertiary/aromatic N) is 1. The fourth-order valence-electron chi connectivity index (χ4n) is 3.06. The zero-order valence-corrected chi connectivity index (χ0v) is 15.8. The van der Waals surface area contributed by atoms with Crippen molar-refractivity contribution in [3.05, 3.63) is 78.0 Å². The van der Waals surface area contributed by atoms with Crippen LogP contribution in [-0.2, 0) is 13.4 Å². The van der Waals surface area contributed by atoms with Crippen LogP contribution in [0.25, 0.3) is 22.4 Å². The van der Waals surface area contributed by atoms with Crippen LogP contribution in [0.5, 0.6) is 0 Å². The standard InChI is InChI=1S/C24H28N/c1-18-11-12-21(20-9-7-6-8-10-20)16-22(18)23-15-19(13-14-25(23)5)17-24(2,3)4/h6-16H,17H2,1-5H3/q+1/i17D2. The minimum absolute atomic E-state index is 0.481. The highest BCUT2D eigenvalue weighted by atomic mass is 14.9. The van der Waals surface area contributed by atoms with Gasteiger partial charge < -0.3 is 0 Å². The summed E-state index contributed by atoms with van der Waals surface area (Å²) in [5.74, 6) is 0. The van der Waals surface area contributed by atoms with Crippen LogP contribution >= 0.6 is 0 Å². The zero-order chi connectivity index (χ0) is 19.8. The van der Waals surface area contributed by atoms with Crippen LogP contribution in [0.3, 0.4) is 0 Å². The number of hydrogen-bond donors (Lipinski definition) is 0. The first-order valence-corrected chi connectivity index (χ1v) is 8.78. The predicted molar refractivity (Wildman–Crippen MR) is 106 cm³/mol. The van der Waals surface area contributed by atoms with E-state index in [0.29, 0.717) is 5.56 Å². The first-order chi connectivity index (χ1) is 12.6. The monoisotopic (exact) mass is 332 g/mol. The van der Waals surface area contributed by atoms with Crippen LogP contribution in [0.1, 0.15) is 34.6 Å². The van der Waals surface area contributed by atoms with Gasteiger partial charge in [-0.25, -0.2) is 4.57 Å². The van der Waals surface area contributed by atoms with Crippen LogP contribution in [-0.4, -0.2) is 0 Å². The molecule has 25 heavy (non-hydrogen) atoms. The Morgan fingerprint density at radius 2 is 1.64 bits per heavy atom. The lowest BCUT2D eigenvalue weighted by atomic mass is 9.87. The highest BCUT2D eigenvalue weighted by Gasteiger charge is 2.17. The molecule has 0 spiro atoms. The van der Waals surface area contributed by atoms with E-state index < -0.39 is 11.8 Å². The molecular weight excluding hydrogens is 302 g/mol. The van der Waals surface area contributed by atoms with E-state index in [1.165, 1.54) is 16.7 Å². The smallest absolute Gasteiger partial charge is 0.201 e. The average Bonchev–Trinajstić information content (AvgIpc) is 2.62. The third-order valence-corrected chi connectivity index (χ3v) is 4.29. The number of aromatic nitrogens is 1. The van der Waals surface area contributed by atoms with E-state index in [1.54, 1.807) is 0 Å². The molecule has 0 aliphatic heterocycles. The van der Waals surface area contributed by atoms with Crippen molar-refractivity contribution in [2.24, 2.45) is 12.5 Å². The molecule has 0 N–H and O–H groups in total. The maximum atomic E-state index is 8.64. The Bertz CT molecular complexity index is 954. The maximum Gasteiger partial charge on any atom is 0.212 e. The minimum Gasteiger partial charge on any atom is -0.201 e. The Labute approximate surface area is 154 Å². The summed E-state index contributed by atoms with van der Waals surface area (Å²) in [6.45, 7) is 7.94. The van der Waals surface area contributed by atoms with Crippen molar-refractivity contribution < 1.29 is 7.31 Å². The molecule has 0 fully saturated rings. The van der Waals surface area contributed by atoms with Crippen molar-refractivity contribution in [1.29, 1.82) is 0 Å².